The molecule has 4 rings (SSSR count). The normalized spacial score (nSPS) is 14.5. The number of ether oxygens (including phenoxy) is 2. The monoisotopic (exact) mass is 548 g/mol. The number of anilines is 2. The van der Waals surface area contributed by atoms with Gasteiger partial charge in [0.25, 0.3) is 0 Å². The summed E-state index contributed by atoms with van der Waals surface area (Å²) in [4.78, 5) is 29.4. The second-order valence-corrected chi connectivity index (χ2v) is 11.8. The Labute approximate surface area is 220 Å². The zero-order valence-corrected chi connectivity index (χ0v) is 22.9. The van der Waals surface area contributed by atoms with Gasteiger partial charge in [0, 0.05) is 48.9 Å². The zero-order valence-electron chi connectivity index (χ0n) is 21.3. The Hall–Kier alpha value is -3.38. The molecule has 0 atom stereocenters. The number of benzene rings is 1. The highest BCUT2D eigenvalue weighted by Crippen LogP contribution is 2.37. The fraction of sp³-hybridized carbons (Fsp3) is 0.417. The van der Waals surface area contributed by atoms with Gasteiger partial charge in [-0.25, -0.2) is 28.2 Å². The van der Waals surface area contributed by atoms with Crippen molar-refractivity contribution in [3.63, 3.8) is 0 Å². The number of piperazine rings is 1. The van der Waals surface area contributed by atoms with E-state index in [1.807, 2.05) is 26.8 Å². The van der Waals surface area contributed by atoms with Gasteiger partial charge in [0.1, 0.15) is 23.4 Å². The highest BCUT2D eigenvalue weighted by atomic mass is 35.5. The summed E-state index contributed by atoms with van der Waals surface area (Å²) in [6.07, 6.45) is 3.76. The van der Waals surface area contributed by atoms with Crippen molar-refractivity contribution < 1.29 is 22.7 Å². The fourth-order valence-electron chi connectivity index (χ4n) is 4.00. The van der Waals surface area contributed by atoms with Crippen molar-refractivity contribution in [2.24, 2.45) is 0 Å². The summed E-state index contributed by atoms with van der Waals surface area (Å²) in [5, 5.41) is 1.19. The molecule has 198 valence electrons. The van der Waals surface area contributed by atoms with Crippen molar-refractivity contribution in [1.29, 1.82) is 0 Å². The number of halogens is 1. The van der Waals surface area contributed by atoms with Gasteiger partial charge >= 0.3 is 6.09 Å². The predicted molar refractivity (Wildman–Crippen MR) is 143 cm³/mol. The quantitative estimate of drug-likeness (QED) is 0.506. The van der Waals surface area contributed by atoms with Crippen LogP contribution in [0, 0.1) is 0 Å². The van der Waals surface area contributed by atoms with E-state index in [9.17, 15) is 13.2 Å². The molecule has 0 saturated carbocycles. The highest BCUT2D eigenvalue weighted by molar-refractivity contribution is 7.92. The van der Waals surface area contributed by atoms with Gasteiger partial charge in [0.15, 0.2) is 0 Å². The first kappa shape index (κ1) is 26.7. The molecule has 0 bridgehead atoms. The molecule has 1 aliphatic heterocycles. The van der Waals surface area contributed by atoms with Crippen molar-refractivity contribution in [3.8, 4) is 17.0 Å². The second kappa shape index (κ2) is 10.2. The summed E-state index contributed by atoms with van der Waals surface area (Å²) in [7, 11) is -2.15. The Morgan fingerprint density at radius 3 is 2.41 bits per heavy atom. The van der Waals surface area contributed by atoms with E-state index in [4.69, 9.17) is 21.1 Å². The lowest BCUT2D eigenvalue weighted by Gasteiger charge is -2.36. The molecule has 3 heterocycles. The molecule has 1 amide bonds. The number of nitrogens with one attached hydrogen (secondary N) is 1. The number of amides is 1. The number of aromatic nitrogens is 3. The molecule has 11 nitrogen and oxygen atoms in total. The first-order chi connectivity index (χ1) is 17.3. The van der Waals surface area contributed by atoms with E-state index in [0.717, 1.165) is 11.6 Å². The van der Waals surface area contributed by atoms with Gasteiger partial charge in [0.2, 0.25) is 15.9 Å². The minimum absolute atomic E-state index is 0.137. The third-order valence-corrected chi connectivity index (χ3v) is 6.49. The summed E-state index contributed by atoms with van der Waals surface area (Å²) in [6.45, 7) is 7.64. The summed E-state index contributed by atoms with van der Waals surface area (Å²) < 4.78 is 36.8. The molecule has 0 aliphatic carbocycles. The first-order valence-corrected chi connectivity index (χ1v) is 13.8. The maximum Gasteiger partial charge on any atom is 0.410 e. The van der Waals surface area contributed by atoms with E-state index in [2.05, 4.69) is 24.6 Å². The lowest BCUT2D eigenvalue weighted by molar-refractivity contribution is 0.0240. The van der Waals surface area contributed by atoms with Crippen LogP contribution in [0.2, 0.25) is 5.02 Å². The molecule has 3 aromatic rings. The number of fused-ring (bicyclic) bond motifs is 1. The summed E-state index contributed by atoms with van der Waals surface area (Å²) >= 11 is 6.61. The van der Waals surface area contributed by atoms with E-state index in [0.29, 0.717) is 53.7 Å². The van der Waals surface area contributed by atoms with Crippen LogP contribution >= 0.6 is 11.6 Å². The zero-order chi connectivity index (χ0) is 27.0. The Bertz CT molecular complexity index is 1440. The number of hydrogen-bond donors (Lipinski definition) is 1. The topological polar surface area (TPSA) is 127 Å². The third-order valence-electron chi connectivity index (χ3n) is 5.58. The molecule has 0 spiro atoms. The van der Waals surface area contributed by atoms with Gasteiger partial charge in [-0.15, -0.1) is 0 Å². The Morgan fingerprint density at radius 2 is 1.78 bits per heavy atom. The second-order valence-electron chi connectivity index (χ2n) is 9.66. The average Bonchev–Trinajstić information content (AvgIpc) is 2.81. The molecule has 1 saturated heterocycles. The Balaban J connectivity index is 1.66. The number of pyridine rings is 1. The minimum atomic E-state index is -3.56. The van der Waals surface area contributed by atoms with Gasteiger partial charge < -0.3 is 19.3 Å². The van der Waals surface area contributed by atoms with Gasteiger partial charge in [-0.1, -0.05) is 11.6 Å². The number of sulfonamides is 1. The minimum Gasteiger partial charge on any atom is -0.480 e. The predicted octanol–water partition coefficient (Wildman–Crippen LogP) is 3.78. The van der Waals surface area contributed by atoms with Crippen molar-refractivity contribution >= 4 is 50.1 Å². The van der Waals surface area contributed by atoms with Gasteiger partial charge in [-0.05, 0) is 39.0 Å². The number of hydrogen-bond acceptors (Lipinski definition) is 9. The smallest absolute Gasteiger partial charge is 0.410 e. The molecule has 0 radical (unpaired) electrons. The molecule has 1 N–H and O–H groups in total. The molecule has 0 unspecified atom stereocenters. The van der Waals surface area contributed by atoms with Crippen molar-refractivity contribution in [3.05, 3.63) is 35.7 Å². The number of rotatable bonds is 5. The molecule has 1 fully saturated rings. The maximum absolute atomic E-state index is 12.5. The molecule has 13 heteroatoms. The van der Waals surface area contributed by atoms with Gasteiger partial charge in [-0.2, -0.15) is 0 Å². The molecule has 1 aromatic carbocycles. The van der Waals surface area contributed by atoms with E-state index >= 15 is 0 Å². The standard InChI is InChI=1S/C24H29ClN6O5S/c1-24(2,3)36-23(32)31-8-6-30(7-9-31)21-17-11-16(18(25)12-19(17)27-14-28-21)15-10-20(29-37(5,33)34)22(35-4)26-13-15/h10-14,29H,6-9H2,1-5H3. The van der Waals surface area contributed by atoms with Crippen molar-refractivity contribution in [2.75, 3.05) is 49.2 Å². The molecule has 37 heavy (non-hydrogen) atoms. The van der Waals surface area contributed by atoms with E-state index in [1.165, 1.54) is 13.4 Å². The van der Waals surface area contributed by atoms with Gasteiger partial charge in [0.05, 0.1) is 23.9 Å². The van der Waals surface area contributed by atoms with Crippen LogP contribution in [0.3, 0.4) is 0 Å². The number of methoxy groups -OCH3 is 1. The van der Waals surface area contributed by atoms with Crippen LogP contribution in [0.15, 0.2) is 30.7 Å². The van der Waals surface area contributed by atoms with Crippen LogP contribution in [0.25, 0.3) is 22.0 Å². The van der Waals surface area contributed by atoms with E-state index in [-0.39, 0.29) is 17.7 Å². The molecular weight excluding hydrogens is 520 g/mol. The average molecular weight is 549 g/mol. The van der Waals surface area contributed by atoms with Crippen molar-refractivity contribution in [1.82, 2.24) is 19.9 Å². The van der Waals surface area contributed by atoms with Crippen LogP contribution in [-0.2, 0) is 14.8 Å². The summed E-state index contributed by atoms with van der Waals surface area (Å²) in [6, 6.07) is 5.21. The van der Waals surface area contributed by atoms with Gasteiger partial charge in [-0.3, -0.25) is 4.72 Å². The van der Waals surface area contributed by atoms with Crippen LogP contribution in [0.1, 0.15) is 20.8 Å². The first-order valence-electron chi connectivity index (χ1n) is 11.5. The number of nitrogens with zero attached hydrogens (tertiary/aromatic N) is 5. The Kier molecular flexibility index (Phi) is 7.33. The molecule has 2 aromatic heterocycles. The SMILES string of the molecule is COc1ncc(-c2cc3c(N4CCN(C(=O)OC(C)(C)C)CC4)ncnc3cc2Cl)cc1NS(C)(=O)=O. The van der Waals surface area contributed by atoms with Crippen molar-refractivity contribution in [2.45, 2.75) is 26.4 Å². The number of carbonyl (C=O) groups excluding carboxylic acids is 1. The van der Waals surface area contributed by atoms with E-state index < -0.39 is 15.6 Å². The number of carbonyl (C=O) groups is 1. The molecule has 1 aliphatic rings. The van der Waals surface area contributed by atoms with Crippen LogP contribution in [-0.4, -0.2) is 79.5 Å². The molecular formula is C24H29ClN6O5S. The summed E-state index contributed by atoms with van der Waals surface area (Å²) in [5.74, 6) is 0.848. The van der Waals surface area contributed by atoms with E-state index in [1.54, 1.807) is 23.2 Å². The Morgan fingerprint density at radius 1 is 1.08 bits per heavy atom. The largest absolute Gasteiger partial charge is 0.480 e. The van der Waals surface area contributed by atoms with Crippen LogP contribution < -0.4 is 14.4 Å². The lowest BCUT2D eigenvalue weighted by atomic mass is 10.0. The highest BCUT2D eigenvalue weighted by Gasteiger charge is 2.27. The van der Waals surface area contributed by atoms with Crippen LogP contribution in [0.4, 0.5) is 16.3 Å². The third kappa shape index (κ3) is 6.31. The lowest BCUT2D eigenvalue weighted by Crippen LogP contribution is -2.50. The fourth-order valence-corrected chi connectivity index (χ4v) is 4.81. The maximum atomic E-state index is 12.5. The summed E-state index contributed by atoms with van der Waals surface area (Å²) in [5.41, 5.74) is 1.51. The van der Waals surface area contributed by atoms with Crippen LogP contribution in [0.5, 0.6) is 5.88 Å².